The lowest BCUT2D eigenvalue weighted by atomic mass is 10.2. The van der Waals surface area contributed by atoms with E-state index in [0.717, 1.165) is 18.4 Å². The SMILES string of the molecule is O=C(CSCc1ccccc1)NNC(=O)C(=O)NC1CC1. The minimum Gasteiger partial charge on any atom is -0.345 e. The highest BCUT2D eigenvalue weighted by atomic mass is 32.2. The molecule has 0 unspecified atom stereocenters. The molecule has 1 saturated carbocycles. The molecule has 0 heterocycles. The number of benzene rings is 1. The third kappa shape index (κ3) is 5.86. The second kappa shape index (κ2) is 7.68. The van der Waals surface area contributed by atoms with E-state index in [-0.39, 0.29) is 17.7 Å². The zero-order valence-electron chi connectivity index (χ0n) is 11.4. The molecule has 0 spiro atoms. The van der Waals surface area contributed by atoms with E-state index in [0.29, 0.717) is 5.75 Å². The van der Waals surface area contributed by atoms with E-state index in [1.807, 2.05) is 30.3 Å². The minimum absolute atomic E-state index is 0.111. The van der Waals surface area contributed by atoms with Crippen molar-refractivity contribution in [3.05, 3.63) is 35.9 Å². The molecule has 0 radical (unpaired) electrons. The summed E-state index contributed by atoms with van der Waals surface area (Å²) in [7, 11) is 0. The standard InChI is InChI=1S/C14H17N3O3S/c18-12(9-21-8-10-4-2-1-3-5-10)16-17-14(20)13(19)15-11-6-7-11/h1-5,11H,6-9H2,(H,15,19)(H,16,18)(H,17,20). The number of amides is 3. The van der Waals surface area contributed by atoms with Gasteiger partial charge in [-0.2, -0.15) is 0 Å². The van der Waals surface area contributed by atoms with Crippen LogP contribution in [0.4, 0.5) is 0 Å². The van der Waals surface area contributed by atoms with Gasteiger partial charge in [0, 0.05) is 11.8 Å². The highest BCUT2D eigenvalue weighted by Crippen LogP contribution is 2.18. The zero-order chi connectivity index (χ0) is 15.1. The van der Waals surface area contributed by atoms with Gasteiger partial charge in [-0.1, -0.05) is 30.3 Å². The number of hydrazine groups is 1. The second-order valence-electron chi connectivity index (χ2n) is 4.73. The molecule has 0 aromatic heterocycles. The second-order valence-corrected chi connectivity index (χ2v) is 5.71. The van der Waals surface area contributed by atoms with Crippen LogP contribution in [0.25, 0.3) is 0 Å². The van der Waals surface area contributed by atoms with Crippen molar-refractivity contribution in [3.8, 4) is 0 Å². The van der Waals surface area contributed by atoms with Gasteiger partial charge in [0.1, 0.15) is 0 Å². The summed E-state index contributed by atoms with van der Waals surface area (Å²) in [6.45, 7) is 0. The van der Waals surface area contributed by atoms with Gasteiger partial charge in [0.15, 0.2) is 0 Å². The highest BCUT2D eigenvalue weighted by molar-refractivity contribution is 7.99. The number of carbonyl (C=O) groups excluding carboxylic acids is 3. The summed E-state index contributed by atoms with van der Waals surface area (Å²) >= 11 is 1.43. The molecule has 1 aliphatic rings. The summed E-state index contributed by atoms with van der Waals surface area (Å²) in [5.41, 5.74) is 5.45. The highest BCUT2D eigenvalue weighted by Gasteiger charge is 2.26. The van der Waals surface area contributed by atoms with Gasteiger partial charge in [0.2, 0.25) is 5.91 Å². The van der Waals surface area contributed by atoms with Crippen molar-refractivity contribution in [2.45, 2.75) is 24.6 Å². The summed E-state index contributed by atoms with van der Waals surface area (Å²) in [4.78, 5) is 34.2. The topological polar surface area (TPSA) is 87.3 Å². The van der Waals surface area contributed by atoms with Crippen molar-refractivity contribution >= 4 is 29.5 Å². The van der Waals surface area contributed by atoms with Crippen LogP contribution in [-0.2, 0) is 20.1 Å². The van der Waals surface area contributed by atoms with Crippen LogP contribution in [0.5, 0.6) is 0 Å². The molecule has 0 bridgehead atoms. The van der Waals surface area contributed by atoms with Crippen LogP contribution in [-0.4, -0.2) is 29.5 Å². The number of rotatable bonds is 5. The fourth-order valence-electron chi connectivity index (χ4n) is 1.53. The van der Waals surface area contributed by atoms with E-state index in [2.05, 4.69) is 16.2 Å². The monoisotopic (exact) mass is 307 g/mol. The Balaban J connectivity index is 1.58. The molecule has 1 aromatic rings. The summed E-state index contributed by atoms with van der Waals surface area (Å²) in [5.74, 6) is -0.981. The molecule has 6 nitrogen and oxygen atoms in total. The molecule has 3 N–H and O–H groups in total. The van der Waals surface area contributed by atoms with Crippen molar-refractivity contribution in [3.63, 3.8) is 0 Å². The third-order valence-corrected chi connectivity index (χ3v) is 3.78. The van der Waals surface area contributed by atoms with Crippen LogP contribution in [0.15, 0.2) is 30.3 Å². The lowest BCUT2D eigenvalue weighted by molar-refractivity contribution is -0.140. The van der Waals surface area contributed by atoms with Gasteiger partial charge in [-0.05, 0) is 18.4 Å². The van der Waals surface area contributed by atoms with Crippen LogP contribution in [0, 0.1) is 0 Å². The van der Waals surface area contributed by atoms with Crippen molar-refractivity contribution in [1.29, 1.82) is 0 Å². The van der Waals surface area contributed by atoms with Gasteiger partial charge < -0.3 is 5.32 Å². The smallest absolute Gasteiger partial charge is 0.327 e. The van der Waals surface area contributed by atoms with E-state index in [1.165, 1.54) is 11.8 Å². The molecule has 1 aromatic carbocycles. The van der Waals surface area contributed by atoms with Crippen molar-refractivity contribution in [2.24, 2.45) is 0 Å². The fraction of sp³-hybridized carbons (Fsp3) is 0.357. The van der Waals surface area contributed by atoms with E-state index in [1.54, 1.807) is 0 Å². The van der Waals surface area contributed by atoms with E-state index >= 15 is 0 Å². The van der Waals surface area contributed by atoms with Crippen LogP contribution in [0.2, 0.25) is 0 Å². The van der Waals surface area contributed by atoms with Crippen LogP contribution < -0.4 is 16.2 Å². The van der Waals surface area contributed by atoms with E-state index < -0.39 is 11.8 Å². The first-order chi connectivity index (χ1) is 10.1. The molecule has 7 heteroatoms. The fourth-order valence-corrected chi connectivity index (χ4v) is 2.32. The molecule has 21 heavy (non-hydrogen) atoms. The Morgan fingerprint density at radius 3 is 2.43 bits per heavy atom. The van der Waals surface area contributed by atoms with Gasteiger partial charge in [-0.15, -0.1) is 11.8 Å². The van der Waals surface area contributed by atoms with E-state index in [4.69, 9.17) is 0 Å². The largest absolute Gasteiger partial charge is 0.345 e. The number of nitrogens with one attached hydrogen (secondary N) is 3. The minimum atomic E-state index is -0.844. The Hall–Kier alpha value is -2.02. The normalized spacial score (nSPS) is 13.3. The van der Waals surface area contributed by atoms with Crippen molar-refractivity contribution in [1.82, 2.24) is 16.2 Å². The molecule has 0 saturated heterocycles. The third-order valence-electron chi connectivity index (χ3n) is 2.78. The van der Waals surface area contributed by atoms with Crippen molar-refractivity contribution in [2.75, 3.05) is 5.75 Å². The van der Waals surface area contributed by atoms with Crippen LogP contribution in [0.1, 0.15) is 18.4 Å². The number of thioether (sulfide) groups is 1. The predicted molar refractivity (Wildman–Crippen MR) is 80.1 cm³/mol. The quantitative estimate of drug-likeness (QED) is 0.541. The summed E-state index contributed by atoms with van der Waals surface area (Å²) in [6.07, 6.45) is 1.81. The van der Waals surface area contributed by atoms with Gasteiger partial charge in [-0.25, -0.2) is 0 Å². The zero-order valence-corrected chi connectivity index (χ0v) is 12.2. The average Bonchev–Trinajstić information content (AvgIpc) is 3.29. The Kier molecular flexibility index (Phi) is 5.62. The average molecular weight is 307 g/mol. The lowest BCUT2D eigenvalue weighted by Crippen LogP contribution is -2.49. The Morgan fingerprint density at radius 2 is 1.76 bits per heavy atom. The number of carbonyl (C=O) groups is 3. The van der Waals surface area contributed by atoms with Gasteiger partial charge >= 0.3 is 11.8 Å². The first-order valence-corrected chi connectivity index (χ1v) is 7.82. The maximum Gasteiger partial charge on any atom is 0.327 e. The Morgan fingerprint density at radius 1 is 1.05 bits per heavy atom. The molecule has 2 rings (SSSR count). The predicted octanol–water partition coefficient (Wildman–Crippen LogP) is 0.346. The van der Waals surface area contributed by atoms with Gasteiger partial charge in [0.05, 0.1) is 5.75 Å². The summed E-state index contributed by atoms with van der Waals surface area (Å²) < 4.78 is 0. The molecular formula is C14H17N3O3S. The summed E-state index contributed by atoms with van der Waals surface area (Å²) in [5, 5.41) is 2.53. The molecule has 0 atom stereocenters. The Labute approximate surface area is 127 Å². The molecule has 3 amide bonds. The molecule has 112 valence electrons. The maximum absolute atomic E-state index is 11.5. The van der Waals surface area contributed by atoms with Crippen molar-refractivity contribution < 1.29 is 14.4 Å². The lowest BCUT2D eigenvalue weighted by Gasteiger charge is -2.07. The maximum atomic E-state index is 11.5. The van der Waals surface area contributed by atoms with Crippen LogP contribution >= 0.6 is 11.8 Å². The van der Waals surface area contributed by atoms with Crippen LogP contribution in [0.3, 0.4) is 0 Å². The molecule has 0 aliphatic heterocycles. The molecule has 1 aliphatic carbocycles. The molecule has 1 fully saturated rings. The van der Waals surface area contributed by atoms with Gasteiger partial charge in [-0.3, -0.25) is 25.2 Å². The Bertz CT molecular complexity index is 517. The van der Waals surface area contributed by atoms with Gasteiger partial charge in [0.25, 0.3) is 0 Å². The number of hydrogen-bond acceptors (Lipinski definition) is 4. The first kappa shape index (κ1) is 15.4. The summed E-state index contributed by atoms with van der Waals surface area (Å²) in [6, 6.07) is 9.89. The first-order valence-electron chi connectivity index (χ1n) is 6.66. The molecular weight excluding hydrogens is 290 g/mol. The van der Waals surface area contributed by atoms with E-state index in [9.17, 15) is 14.4 Å². The number of hydrogen-bond donors (Lipinski definition) is 3.